The van der Waals surface area contributed by atoms with Gasteiger partial charge in [0.25, 0.3) is 0 Å². The Bertz CT molecular complexity index is 359. The van der Waals surface area contributed by atoms with Gasteiger partial charge in [0, 0.05) is 31.3 Å². The third-order valence-corrected chi connectivity index (χ3v) is 3.31. The Morgan fingerprint density at radius 2 is 2.12 bits per heavy atom. The standard InChI is InChI=1S/C10H15N3OS.2ClH/c11-10-12-8(7-15-10)6-13-4-1-2-9(14)3-5-13;;/h7H,1-6H2,(H2,11,12);2*1H. The molecule has 17 heavy (non-hydrogen) atoms. The summed E-state index contributed by atoms with van der Waals surface area (Å²) in [5.41, 5.74) is 6.59. The van der Waals surface area contributed by atoms with Crippen molar-refractivity contribution in [2.24, 2.45) is 0 Å². The number of ketones is 1. The molecule has 1 fully saturated rings. The molecule has 2 rings (SSSR count). The Morgan fingerprint density at radius 3 is 2.76 bits per heavy atom. The van der Waals surface area contributed by atoms with Gasteiger partial charge in [0.1, 0.15) is 5.78 Å². The number of aromatic nitrogens is 1. The number of hydrogen-bond donors (Lipinski definition) is 1. The summed E-state index contributed by atoms with van der Waals surface area (Å²) in [5.74, 6) is 0.385. The van der Waals surface area contributed by atoms with Gasteiger partial charge < -0.3 is 5.73 Å². The first-order chi connectivity index (χ1) is 7.24. The minimum Gasteiger partial charge on any atom is -0.375 e. The summed E-state index contributed by atoms with van der Waals surface area (Å²) in [7, 11) is 0. The second-order valence-corrected chi connectivity index (χ2v) is 4.74. The van der Waals surface area contributed by atoms with Crippen LogP contribution < -0.4 is 5.73 Å². The van der Waals surface area contributed by atoms with E-state index in [1.807, 2.05) is 5.38 Å². The number of nitrogens with two attached hydrogens (primary N) is 1. The lowest BCUT2D eigenvalue weighted by molar-refractivity contribution is -0.118. The molecule has 0 atom stereocenters. The van der Waals surface area contributed by atoms with Gasteiger partial charge in [-0.1, -0.05) is 0 Å². The average molecular weight is 298 g/mol. The van der Waals surface area contributed by atoms with Crippen LogP contribution >= 0.6 is 36.2 Å². The molecule has 1 aromatic heterocycles. The molecule has 1 aliphatic rings. The van der Waals surface area contributed by atoms with Gasteiger partial charge in [-0.3, -0.25) is 9.69 Å². The van der Waals surface area contributed by atoms with Crippen molar-refractivity contribution in [3.63, 3.8) is 0 Å². The summed E-state index contributed by atoms with van der Waals surface area (Å²) >= 11 is 1.47. The third-order valence-electron chi connectivity index (χ3n) is 2.59. The number of nitrogen functional groups attached to an aromatic ring is 1. The SMILES string of the molecule is Cl.Cl.Nc1nc(CN2CCCC(=O)CC2)cs1. The zero-order valence-corrected chi connectivity index (χ0v) is 11.9. The molecule has 2 N–H and O–H groups in total. The highest BCUT2D eigenvalue weighted by Crippen LogP contribution is 2.15. The second-order valence-electron chi connectivity index (χ2n) is 3.85. The van der Waals surface area contributed by atoms with E-state index in [4.69, 9.17) is 5.73 Å². The largest absolute Gasteiger partial charge is 0.375 e. The van der Waals surface area contributed by atoms with E-state index in [9.17, 15) is 4.79 Å². The molecule has 0 bridgehead atoms. The van der Waals surface area contributed by atoms with E-state index in [0.717, 1.165) is 38.2 Å². The molecule has 0 amide bonds. The van der Waals surface area contributed by atoms with Crippen LogP contribution in [0.25, 0.3) is 0 Å². The van der Waals surface area contributed by atoms with E-state index in [1.165, 1.54) is 11.3 Å². The molecule has 0 spiro atoms. The number of rotatable bonds is 2. The third kappa shape index (κ3) is 5.21. The molecule has 1 saturated heterocycles. The number of Topliss-reactive ketones (excluding diaryl/α,β-unsaturated/α-hetero) is 1. The van der Waals surface area contributed by atoms with Crippen molar-refractivity contribution < 1.29 is 4.79 Å². The van der Waals surface area contributed by atoms with Crippen LogP contribution in [0.2, 0.25) is 0 Å². The minimum absolute atomic E-state index is 0. The topological polar surface area (TPSA) is 59.2 Å². The van der Waals surface area contributed by atoms with Gasteiger partial charge in [-0.15, -0.1) is 36.2 Å². The van der Waals surface area contributed by atoms with Gasteiger partial charge in [0.2, 0.25) is 0 Å². The van der Waals surface area contributed by atoms with E-state index in [-0.39, 0.29) is 24.8 Å². The van der Waals surface area contributed by atoms with Crippen LogP contribution in [-0.4, -0.2) is 28.8 Å². The lowest BCUT2D eigenvalue weighted by Crippen LogP contribution is -2.24. The zero-order chi connectivity index (χ0) is 10.7. The molecule has 1 aromatic rings. The van der Waals surface area contributed by atoms with E-state index in [1.54, 1.807) is 0 Å². The fraction of sp³-hybridized carbons (Fsp3) is 0.600. The number of anilines is 1. The van der Waals surface area contributed by atoms with Crippen molar-refractivity contribution in [1.29, 1.82) is 0 Å². The average Bonchev–Trinajstić information content (AvgIpc) is 2.48. The minimum atomic E-state index is 0. The van der Waals surface area contributed by atoms with Gasteiger partial charge in [-0.05, 0) is 13.0 Å². The normalized spacial score (nSPS) is 16.8. The molecule has 0 unspecified atom stereocenters. The monoisotopic (exact) mass is 297 g/mol. The molecule has 4 nitrogen and oxygen atoms in total. The summed E-state index contributed by atoms with van der Waals surface area (Å²) in [5, 5.41) is 2.61. The molecule has 7 heteroatoms. The molecule has 2 heterocycles. The predicted molar refractivity (Wildman–Crippen MR) is 75.2 cm³/mol. The lowest BCUT2D eigenvalue weighted by Gasteiger charge is -2.17. The zero-order valence-electron chi connectivity index (χ0n) is 9.42. The summed E-state index contributed by atoms with van der Waals surface area (Å²) in [4.78, 5) is 17.7. The van der Waals surface area contributed by atoms with Crippen LogP contribution in [0.15, 0.2) is 5.38 Å². The Morgan fingerprint density at radius 1 is 1.35 bits per heavy atom. The smallest absolute Gasteiger partial charge is 0.180 e. The van der Waals surface area contributed by atoms with Crippen LogP contribution in [0, 0.1) is 0 Å². The first kappa shape index (κ1) is 16.6. The van der Waals surface area contributed by atoms with Gasteiger partial charge >= 0.3 is 0 Å². The molecular weight excluding hydrogens is 281 g/mol. The predicted octanol–water partition coefficient (Wildman–Crippen LogP) is 2.12. The number of carbonyl (C=O) groups excluding carboxylic acids is 1. The molecule has 0 aliphatic carbocycles. The van der Waals surface area contributed by atoms with E-state index >= 15 is 0 Å². The molecular formula is C10H17Cl2N3OS. The first-order valence-corrected chi connectivity index (χ1v) is 6.06. The Balaban J connectivity index is 0.00000128. The molecule has 98 valence electrons. The maximum absolute atomic E-state index is 11.2. The van der Waals surface area contributed by atoms with E-state index in [2.05, 4.69) is 9.88 Å². The van der Waals surface area contributed by atoms with Crippen LogP contribution in [0.5, 0.6) is 0 Å². The second kappa shape index (κ2) is 7.87. The lowest BCUT2D eigenvalue weighted by atomic mass is 10.2. The number of halogens is 2. The van der Waals surface area contributed by atoms with Crippen LogP contribution in [0.3, 0.4) is 0 Å². The number of hydrogen-bond acceptors (Lipinski definition) is 5. The summed E-state index contributed by atoms with van der Waals surface area (Å²) < 4.78 is 0. The summed E-state index contributed by atoms with van der Waals surface area (Å²) in [6, 6.07) is 0. The highest BCUT2D eigenvalue weighted by Gasteiger charge is 2.14. The van der Waals surface area contributed by atoms with E-state index in [0.29, 0.717) is 17.3 Å². The van der Waals surface area contributed by atoms with Crippen molar-refractivity contribution in [1.82, 2.24) is 9.88 Å². The van der Waals surface area contributed by atoms with Crippen LogP contribution in [0.4, 0.5) is 5.13 Å². The van der Waals surface area contributed by atoms with Gasteiger partial charge in [0.15, 0.2) is 5.13 Å². The summed E-state index contributed by atoms with van der Waals surface area (Å²) in [6.07, 6.45) is 2.38. The molecule has 0 saturated carbocycles. The van der Waals surface area contributed by atoms with Crippen LogP contribution in [0.1, 0.15) is 25.0 Å². The van der Waals surface area contributed by atoms with Gasteiger partial charge in [-0.25, -0.2) is 4.98 Å². The first-order valence-electron chi connectivity index (χ1n) is 5.18. The summed E-state index contributed by atoms with van der Waals surface area (Å²) in [6.45, 7) is 2.67. The quantitative estimate of drug-likeness (QED) is 0.908. The Kier molecular flexibility index (Phi) is 7.70. The number of thiazole rings is 1. The van der Waals surface area contributed by atoms with Crippen molar-refractivity contribution in [3.8, 4) is 0 Å². The Hall–Kier alpha value is -0.360. The highest BCUT2D eigenvalue weighted by molar-refractivity contribution is 7.13. The fourth-order valence-corrected chi connectivity index (χ4v) is 2.36. The van der Waals surface area contributed by atoms with Crippen molar-refractivity contribution in [2.75, 3.05) is 18.8 Å². The Labute approximate surface area is 117 Å². The van der Waals surface area contributed by atoms with Crippen molar-refractivity contribution in [2.45, 2.75) is 25.8 Å². The number of likely N-dealkylation sites (tertiary alicyclic amines) is 1. The molecule has 0 aromatic carbocycles. The molecule has 0 radical (unpaired) electrons. The number of nitrogens with zero attached hydrogens (tertiary/aromatic N) is 2. The maximum atomic E-state index is 11.2. The fourth-order valence-electron chi connectivity index (χ4n) is 1.80. The van der Waals surface area contributed by atoms with Gasteiger partial charge in [0.05, 0.1) is 5.69 Å². The van der Waals surface area contributed by atoms with E-state index < -0.39 is 0 Å². The van der Waals surface area contributed by atoms with Crippen molar-refractivity contribution >= 4 is 47.1 Å². The van der Waals surface area contributed by atoms with Crippen LogP contribution in [-0.2, 0) is 11.3 Å². The van der Waals surface area contributed by atoms with Gasteiger partial charge in [-0.2, -0.15) is 0 Å². The highest BCUT2D eigenvalue weighted by atomic mass is 35.5. The van der Waals surface area contributed by atoms with Crippen molar-refractivity contribution in [3.05, 3.63) is 11.1 Å². The maximum Gasteiger partial charge on any atom is 0.180 e. The number of carbonyl (C=O) groups is 1. The molecule has 1 aliphatic heterocycles.